The number of rotatable bonds is 2. The maximum absolute atomic E-state index is 12.3. The van der Waals surface area contributed by atoms with E-state index in [0.717, 1.165) is 13.1 Å². The SMILES string of the molecule is CC(C)(C)OC(=O)N1CC2=CN(c3cc(-c4ccccc4)cs3)CC2C1. The van der Waals surface area contributed by atoms with Gasteiger partial charge in [-0.25, -0.2) is 4.79 Å². The van der Waals surface area contributed by atoms with Crippen molar-refractivity contribution in [3.05, 3.63) is 53.6 Å². The molecule has 1 atom stereocenters. The van der Waals surface area contributed by atoms with Gasteiger partial charge in [-0.05, 0) is 43.5 Å². The van der Waals surface area contributed by atoms with Crippen LogP contribution in [0, 0.1) is 5.92 Å². The zero-order valence-electron chi connectivity index (χ0n) is 15.4. The van der Waals surface area contributed by atoms with Crippen LogP contribution < -0.4 is 4.90 Å². The zero-order chi connectivity index (χ0) is 18.3. The summed E-state index contributed by atoms with van der Waals surface area (Å²) in [6.07, 6.45) is 2.01. The van der Waals surface area contributed by atoms with Gasteiger partial charge in [0.1, 0.15) is 5.60 Å². The van der Waals surface area contributed by atoms with Gasteiger partial charge in [0, 0.05) is 37.1 Å². The first-order chi connectivity index (χ1) is 12.4. The third-order valence-corrected chi connectivity index (χ3v) is 5.67. The number of carbonyl (C=O) groups excluding carboxylic acids is 1. The molecular weight excluding hydrogens is 344 g/mol. The maximum Gasteiger partial charge on any atom is 0.410 e. The second kappa shape index (κ2) is 6.47. The third-order valence-electron chi connectivity index (χ3n) is 4.70. The van der Waals surface area contributed by atoms with Gasteiger partial charge in [0.05, 0.1) is 5.00 Å². The Morgan fingerprint density at radius 1 is 1.15 bits per heavy atom. The Kier molecular flexibility index (Phi) is 4.27. The molecule has 0 bridgehead atoms. The predicted octanol–water partition coefficient (Wildman–Crippen LogP) is 4.99. The topological polar surface area (TPSA) is 32.8 Å². The number of benzene rings is 1. The fourth-order valence-corrected chi connectivity index (χ4v) is 4.39. The molecule has 1 aromatic carbocycles. The van der Waals surface area contributed by atoms with Crippen molar-refractivity contribution in [2.75, 3.05) is 24.5 Å². The minimum atomic E-state index is -0.444. The Labute approximate surface area is 158 Å². The summed E-state index contributed by atoms with van der Waals surface area (Å²) in [5, 5.41) is 3.47. The van der Waals surface area contributed by atoms with Gasteiger partial charge in [-0.2, -0.15) is 0 Å². The summed E-state index contributed by atoms with van der Waals surface area (Å²) < 4.78 is 5.50. The molecule has 1 saturated heterocycles. The molecule has 4 rings (SSSR count). The minimum Gasteiger partial charge on any atom is -0.444 e. The first kappa shape index (κ1) is 17.2. The molecule has 1 unspecified atom stereocenters. The van der Waals surface area contributed by atoms with Crippen LogP contribution in [0.25, 0.3) is 11.1 Å². The fourth-order valence-electron chi connectivity index (χ4n) is 3.49. The monoisotopic (exact) mass is 368 g/mol. The van der Waals surface area contributed by atoms with Crippen LogP contribution >= 0.6 is 11.3 Å². The van der Waals surface area contributed by atoms with Crippen LogP contribution in [0.2, 0.25) is 0 Å². The van der Waals surface area contributed by atoms with E-state index in [1.54, 1.807) is 11.3 Å². The molecule has 0 radical (unpaired) electrons. The number of ether oxygens (including phenoxy) is 1. The highest BCUT2D eigenvalue weighted by Gasteiger charge is 2.37. The Hall–Kier alpha value is -2.27. The van der Waals surface area contributed by atoms with E-state index in [2.05, 4.69) is 46.8 Å². The zero-order valence-corrected chi connectivity index (χ0v) is 16.3. The molecule has 26 heavy (non-hydrogen) atoms. The van der Waals surface area contributed by atoms with Gasteiger partial charge in [0.2, 0.25) is 0 Å². The van der Waals surface area contributed by atoms with E-state index in [1.807, 2.05) is 31.7 Å². The molecule has 0 N–H and O–H groups in total. The van der Waals surface area contributed by atoms with Gasteiger partial charge in [-0.15, -0.1) is 11.3 Å². The number of nitrogens with zero attached hydrogens (tertiary/aromatic N) is 2. The van der Waals surface area contributed by atoms with Crippen molar-refractivity contribution in [2.45, 2.75) is 26.4 Å². The minimum absolute atomic E-state index is 0.207. The number of likely N-dealkylation sites (tertiary alicyclic amines) is 1. The number of hydrogen-bond acceptors (Lipinski definition) is 4. The lowest BCUT2D eigenvalue weighted by Gasteiger charge is -2.25. The van der Waals surface area contributed by atoms with Gasteiger partial charge < -0.3 is 14.5 Å². The highest BCUT2D eigenvalue weighted by Crippen LogP contribution is 2.38. The van der Waals surface area contributed by atoms with E-state index in [9.17, 15) is 4.79 Å². The average Bonchev–Trinajstić information content (AvgIpc) is 3.28. The summed E-state index contributed by atoms with van der Waals surface area (Å²) in [5.41, 5.74) is 3.39. The number of carbonyl (C=O) groups is 1. The van der Waals surface area contributed by atoms with E-state index in [4.69, 9.17) is 4.74 Å². The molecule has 0 aliphatic carbocycles. The number of hydrogen-bond donors (Lipinski definition) is 0. The fraction of sp³-hybridized carbons (Fsp3) is 0.381. The molecule has 0 saturated carbocycles. The van der Waals surface area contributed by atoms with Crippen molar-refractivity contribution in [2.24, 2.45) is 5.92 Å². The molecule has 0 spiro atoms. The molecule has 136 valence electrons. The first-order valence-electron chi connectivity index (χ1n) is 8.98. The molecule has 1 aromatic heterocycles. The Bertz CT molecular complexity index is 835. The summed E-state index contributed by atoms with van der Waals surface area (Å²) in [4.78, 5) is 16.4. The predicted molar refractivity (Wildman–Crippen MR) is 106 cm³/mol. The molecule has 3 heterocycles. The van der Waals surface area contributed by atoms with Crippen LogP contribution in [0.3, 0.4) is 0 Å². The van der Waals surface area contributed by atoms with Gasteiger partial charge in [-0.3, -0.25) is 0 Å². The van der Waals surface area contributed by atoms with Crippen molar-refractivity contribution in [1.29, 1.82) is 0 Å². The lowest BCUT2D eigenvalue weighted by Crippen LogP contribution is -2.36. The van der Waals surface area contributed by atoms with Gasteiger partial charge >= 0.3 is 6.09 Å². The Morgan fingerprint density at radius 3 is 2.62 bits per heavy atom. The lowest BCUT2D eigenvalue weighted by molar-refractivity contribution is 0.0291. The highest BCUT2D eigenvalue weighted by atomic mass is 32.1. The van der Waals surface area contributed by atoms with Crippen molar-refractivity contribution in [3.63, 3.8) is 0 Å². The van der Waals surface area contributed by atoms with E-state index in [-0.39, 0.29) is 6.09 Å². The summed E-state index contributed by atoms with van der Waals surface area (Å²) >= 11 is 1.77. The van der Waals surface area contributed by atoms with Gasteiger partial charge in [-0.1, -0.05) is 30.3 Å². The van der Waals surface area contributed by atoms with E-state index < -0.39 is 5.60 Å². The van der Waals surface area contributed by atoms with Crippen molar-refractivity contribution in [1.82, 2.24) is 4.90 Å². The van der Waals surface area contributed by atoms with E-state index in [1.165, 1.54) is 21.7 Å². The van der Waals surface area contributed by atoms with E-state index >= 15 is 0 Å². The van der Waals surface area contributed by atoms with Gasteiger partial charge in [0.25, 0.3) is 0 Å². The highest BCUT2D eigenvalue weighted by molar-refractivity contribution is 7.14. The molecular formula is C21H24N2O2S. The molecule has 1 amide bonds. The second-order valence-corrected chi connectivity index (χ2v) is 8.84. The van der Waals surface area contributed by atoms with Crippen LogP contribution in [0.4, 0.5) is 9.80 Å². The maximum atomic E-state index is 12.3. The summed E-state index contributed by atoms with van der Waals surface area (Å²) in [5.74, 6) is 0.407. The van der Waals surface area contributed by atoms with Crippen LogP contribution in [0.15, 0.2) is 53.6 Å². The quantitative estimate of drug-likeness (QED) is 0.749. The third kappa shape index (κ3) is 3.49. The molecule has 2 aliphatic heterocycles. The van der Waals surface area contributed by atoms with Crippen LogP contribution in [0.5, 0.6) is 0 Å². The van der Waals surface area contributed by atoms with Crippen molar-refractivity contribution in [3.8, 4) is 11.1 Å². The summed E-state index contributed by atoms with van der Waals surface area (Å²) in [7, 11) is 0. The normalized spacial score (nSPS) is 19.5. The van der Waals surface area contributed by atoms with Crippen LogP contribution in [-0.2, 0) is 4.74 Å². The smallest absolute Gasteiger partial charge is 0.410 e. The average molecular weight is 369 g/mol. The van der Waals surface area contributed by atoms with E-state index in [0.29, 0.717) is 12.5 Å². The first-order valence-corrected chi connectivity index (χ1v) is 9.86. The number of amides is 1. The Morgan fingerprint density at radius 2 is 1.92 bits per heavy atom. The largest absolute Gasteiger partial charge is 0.444 e. The van der Waals surface area contributed by atoms with Crippen LogP contribution in [-0.4, -0.2) is 36.2 Å². The van der Waals surface area contributed by atoms with Crippen molar-refractivity contribution < 1.29 is 9.53 Å². The molecule has 4 nitrogen and oxygen atoms in total. The lowest BCUT2D eigenvalue weighted by atomic mass is 10.1. The standard InChI is InChI=1S/C21H24N2O2S/c1-21(2,3)25-20(24)23-12-17-10-22(11-18(17)13-23)19-9-16(14-26-19)15-7-5-4-6-8-15/h4-10,14,18H,11-13H2,1-3H3. The van der Waals surface area contributed by atoms with Gasteiger partial charge in [0.15, 0.2) is 0 Å². The number of fused-ring (bicyclic) bond motifs is 1. The molecule has 2 aliphatic rings. The molecule has 5 heteroatoms. The molecule has 2 aromatic rings. The second-order valence-electron chi connectivity index (χ2n) is 7.95. The number of thiophene rings is 1. The van der Waals surface area contributed by atoms with Crippen molar-refractivity contribution >= 4 is 22.4 Å². The Balaban J connectivity index is 1.44. The molecule has 1 fully saturated rings. The van der Waals surface area contributed by atoms with Crippen LogP contribution in [0.1, 0.15) is 20.8 Å². The summed E-state index contributed by atoms with van der Waals surface area (Å²) in [6.45, 7) is 8.07. The summed E-state index contributed by atoms with van der Waals surface area (Å²) in [6, 6.07) is 12.7. The number of anilines is 1.